The molecule has 0 spiro atoms. The zero-order valence-corrected chi connectivity index (χ0v) is 19.0. The molecule has 5 rings (SSSR count). The summed E-state index contributed by atoms with van der Waals surface area (Å²) in [6.45, 7) is 3.62. The van der Waals surface area contributed by atoms with Crippen LogP contribution >= 0.6 is 11.6 Å². The lowest BCUT2D eigenvalue weighted by Crippen LogP contribution is -2.29. The molecule has 10 nitrogen and oxygen atoms in total. The zero-order chi connectivity index (χ0) is 23.8. The molecule has 3 aromatic heterocycles. The Morgan fingerprint density at radius 3 is 2.82 bits per heavy atom. The third kappa shape index (κ3) is 3.73. The predicted octanol–water partition coefficient (Wildman–Crippen LogP) is 2.90. The van der Waals surface area contributed by atoms with Crippen molar-refractivity contribution in [1.29, 1.82) is 0 Å². The van der Waals surface area contributed by atoms with Gasteiger partial charge >= 0.3 is 0 Å². The molecule has 170 valence electrons. The first-order valence-electron chi connectivity index (χ1n) is 10.4. The fourth-order valence-electron chi connectivity index (χ4n) is 3.76. The van der Waals surface area contributed by atoms with Crippen molar-refractivity contribution in [2.75, 3.05) is 5.32 Å². The molecule has 1 unspecified atom stereocenters. The molecule has 0 amide bonds. The number of rotatable bonds is 3. The number of aromatic amines is 1. The van der Waals surface area contributed by atoms with E-state index < -0.39 is 6.04 Å². The molecule has 0 radical (unpaired) electrons. The van der Waals surface area contributed by atoms with Crippen LogP contribution in [0.1, 0.15) is 31.3 Å². The monoisotopic (exact) mass is 474 g/mol. The lowest BCUT2D eigenvalue weighted by Gasteiger charge is -2.17. The number of hydrogen-bond donors (Lipinski definition) is 3. The smallest absolute Gasteiger partial charge is 0.267 e. The van der Waals surface area contributed by atoms with Crippen LogP contribution in [-0.4, -0.2) is 30.3 Å². The van der Waals surface area contributed by atoms with E-state index in [1.165, 1.54) is 10.9 Å². The SMILES string of the molecule is CC1=CNC(=NC(C)c2nc3cccc(Cl)c3c(=O)n2-c2cccnc2)c2c(nc[nH]c2=O)N1. The molecule has 0 bridgehead atoms. The Kier molecular flexibility index (Phi) is 5.42. The number of allylic oxidation sites excluding steroid dienone is 1. The Labute approximate surface area is 198 Å². The van der Waals surface area contributed by atoms with Crippen molar-refractivity contribution >= 4 is 34.2 Å². The van der Waals surface area contributed by atoms with Gasteiger partial charge in [0.05, 0.1) is 34.1 Å². The summed E-state index contributed by atoms with van der Waals surface area (Å²) in [6, 6.07) is 7.95. The van der Waals surface area contributed by atoms with Crippen molar-refractivity contribution in [3.63, 3.8) is 0 Å². The van der Waals surface area contributed by atoms with Gasteiger partial charge in [0.15, 0.2) is 0 Å². The molecule has 0 saturated carbocycles. The van der Waals surface area contributed by atoms with Crippen molar-refractivity contribution < 1.29 is 0 Å². The molecule has 11 heteroatoms. The van der Waals surface area contributed by atoms with Crippen molar-refractivity contribution in [2.45, 2.75) is 19.9 Å². The summed E-state index contributed by atoms with van der Waals surface area (Å²) in [5.74, 6) is 1.03. The number of amidine groups is 1. The van der Waals surface area contributed by atoms with E-state index in [1.807, 2.05) is 6.92 Å². The summed E-state index contributed by atoms with van der Waals surface area (Å²) in [7, 11) is 0. The zero-order valence-electron chi connectivity index (χ0n) is 18.2. The summed E-state index contributed by atoms with van der Waals surface area (Å²) < 4.78 is 1.44. The normalized spacial score (nSPS) is 15.1. The van der Waals surface area contributed by atoms with Gasteiger partial charge in [-0.25, -0.2) is 9.97 Å². The highest BCUT2D eigenvalue weighted by molar-refractivity contribution is 6.35. The van der Waals surface area contributed by atoms with E-state index in [0.29, 0.717) is 39.1 Å². The molecule has 1 atom stereocenters. The summed E-state index contributed by atoms with van der Waals surface area (Å²) in [5, 5.41) is 6.75. The first-order chi connectivity index (χ1) is 16.4. The van der Waals surface area contributed by atoms with E-state index in [9.17, 15) is 9.59 Å². The average molecular weight is 475 g/mol. The summed E-state index contributed by atoms with van der Waals surface area (Å²) in [4.78, 5) is 46.6. The number of H-pyrrole nitrogens is 1. The number of aliphatic imine (C=N–C) groups is 1. The van der Waals surface area contributed by atoms with E-state index in [-0.39, 0.29) is 16.7 Å². The number of nitrogens with zero attached hydrogens (tertiary/aromatic N) is 5. The first kappa shape index (κ1) is 21.5. The highest BCUT2D eigenvalue weighted by Crippen LogP contribution is 2.25. The molecule has 34 heavy (non-hydrogen) atoms. The van der Waals surface area contributed by atoms with E-state index in [0.717, 1.165) is 5.70 Å². The van der Waals surface area contributed by atoms with Crippen molar-refractivity contribution in [3.05, 3.63) is 98.1 Å². The van der Waals surface area contributed by atoms with Crippen LogP contribution in [-0.2, 0) is 0 Å². The summed E-state index contributed by atoms with van der Waals surface area (Å²) in [6.07, 6.45) is 6.20. The third-order valence-corrected chi connectivity index (χ3v) is 5.62. The van der Waals surface area contributed by atoms with Gasteiger partial charge in [0.25, 0.3) is 11.1 Å². The van der Waals surface area contributed by atoms with Gasteiger partial charge in [0.1, 0.15) is 29.1 Å². The van der Waals surface area contributed by atoms with Crippen molar-refractivity contribution in [1.82, 2.24) is 29.8 Å². The average Bonchev–Trinajstić information content (AvgIpc) is 2.98. The number of anilines is 1. The predicted molar refractivity (Wildman–Crippen MR) is 130 cm³/mol. The van der Waals surface area contributed by atoms with E-state index >= 15 is 0 Å². The maximum atomic E-state index is 13.6. The van der Waals surface area contributed by atoms with Gasteiger partial charge in [-0.1, -0.05) is 17.7 Å². The fourth-order valence-corrected chi connectivity index (χ4v) is 4.01. The second-order valence-corrected chi connectivity index (χ2v) is 8.07. The number of aromatic nitrogens is 5. The van der Waals surface area contributed by atoms with E-state index in [4.69, 9.17) is 21.6 Å². The Hall–Kier alpha value is -4.31. The molecule has 3 N–H and O–H groups in total. The Bertz CT molecular complexity index is 1590. The van der Waals surface area contributed by atoms with Crippen LogP contribution in [0.15, 0.2) is 75.5 Å². The van der Waals surface area contributed by atoms with E-state index in [2.05, 4.69) is 25.6 Å². The molecular formula is C23H19ClN8O2. The lowest BCUT2D eigenvalue weighted by atomic mass is 10.2. The van der Waals surface area contributed by atoms with Gasteiger partial charge in [-0.2, -0.15) is 0 Å². The van der Waals surface area contributed by atoms with Crippen LogP contribution in [0.4, 0.5) is 5.82 Å². The number of hydrogen-bond acceptors (Lipinski definition) is 7. The van der Waals surface area contributed by atoms with E-state index in [1.54, 1.807) is 55.8 Å². The maximum absolute atomic E-state index is 13.6. The molecule has 4 heterocycles. The van der Waals surface area contributed by atoms with Crippen molar-refractivity contribution in [3.8, 4) is 5.69 Å². The second-order valence-electron chi connectivity index (χ2n) is 7.66. The van der Waals surface area contributed by atoms with Gasteiger partial charge < -0.3 is 15.6 Å². The molecule has 1 aliphatic rings. The minimum Gasteiger partial charge on any atom is -0.344 e. The van der Waals surface area contributed by atoms with Crippen LogP contribution in [0.2, 0.25) is 5.02 Å². The molecule has 1 aromatic carbocycles. The van der Waals surface area contributed by atoms with Crippen LogP contribution in [0.25, 0.3) is 16.6 Å². The second kappa shape index (κ2) is 8.56. The van der Waals surface area contributed by atoms with Crippen LogP contribution in [0.3, 0.4) is 0 Å². The van der Waals surface area contributed by atoms with Gasteiger partial charge in [0.2, 0.25) is 0 Å². The number of fused-ring (bicyclic) bond motifs is 2. The molecule has 0 aliphatic carbocycles. The Balaban J connectivity index is 1.75. The minimum atomic E-state index is -0.641. The van der Waals surface area contributed by atoms with Gasteiger partial charge in [-0.15, -0.1) is 0 Å². The van der Waals surface area contributed by atoms with Gasteiger partial charge in [-0.05, 0) is 38.1 Å². The highest BCUT2D eigenvalue weighted by atomic mass is 35.5. The topological polar surface area (TPSA) is 130 Å². The highest BCUT2D eigenvalue weighted by Gasteiger charge is 2.23. The number of halogens is 1. The number of benzene rings is 1. The number of nitrogens with one attached hydrogen (secondary N) is 3. The minimum absolute atomic E-state index is 0.251. The standard InChI is InChI=1S/C23H19ClN8O2/c1-12-9-26-19(18-20(29-12)27-11-28-22(18)33)30-13(2)21-31-16-7-3-6-15(24)17(16)23(34)32(21)14-5-4-8-25-10-14/h3-11,13H,1-2H3,(H,26,30)(H2,27,28,29,33). The molecule has 0 saturated heterocycles. The van der Waals surface area contributed by atoms with Crippen molar-refractivity contribution in [2.24, 2.45) is 4.99 Å². The quantitative estimate of drug-likeness (QED) is 0.416. The Morgan fingerprint density at radius 2 is 2.03 bits per heavy atom. The number of pyridine rings is 1. The summed E-state index contributed by atoms with van der Waals surface area (Å²) in [5.41, 5.74) is 1.28. The Morgan fingerprint density at radius 1 is 1.18 bits per heavy atom. The largest absolute Gasteiger partial charge is 0.344 e. The first-order valence-corrected chi connectivity index (χ1v) is 10.8. The molecule has 0 fully saturated rings. The lowest BCUT2D eigenvalue weighted by molar-refractivity contribution is 0.695. The van der Waals surface area contributed by atoms with Crippen LogP contribution in [0, 0.1) is 0 Å². The maximum Gasteiger partial charge on any atom is 0.267 e. The molecule has 4 aromatic rings. The van der Waals surface area contributed by atoms with Crippen LogP contribution in [0.5, 0.6) is 0 Å². The third-order valence-electron chi connectivity index (χ3n) is 5.30. The van der Waals surface area contributed by atoms with Gasteiger partial charge in [-0.3, -0.25) is 24.1 Å². The molecule has 1 aliphatic heterocycles. The van der Waals surface area contributed by atoms with Crippen LogP contribution < -0.4 is 21.8 Å². The van der Waals surface area contributed by atoms with Gasteiger partial charge in [0, 0.05) is 18.1 Å². The fraction of sp³-hybridized carbons (Fsp3) is 0.130. The summed E-state index contributed by atoms with van der Waals surface area (Å²) >= 11 is 6.35. The molecular weight excluding hydrogens is 456 g/mol.